The summed E-state index contributed by atoms with van der Waals surface area (Å²) in [7, 11) is 0. The van der Waals surface area contributed by atoms with Crippen molar-refractivity contribution < 1.29 is 14.3 Å². The molecule has 4 rings (SSSR count). The fourth-order valence-electron chi connectivity index (χ4n) is 4.76. The number of ether oxygens (including phenoxy) is 1. The Morgan fingerprint density at radius 2 is 1.81 bits per heavy atom. The molecule has 3 heterocycles. The minimum absolute atomic E-state index is 0.200. The molecular formula is C23H32N4O3S. The molecular weight excluding hydrogens is 412 g/mol. The van der Waals surface area contributed by atoms with E-state index in [1.54, 1.807) is 0 Å². The topological polar surface area (TPSA) is 84.4 Å². The number of amides is 1. The first-order valence-electron chi connectivity index (χ1n) is 11.5. The average molecular weight is 445 g/mol. The van der Waals surface area contributed by atoms with Gasteiger partial charge in [0.05, 0.1) is 12.0 Å². The molecule has 0 radical (unpaired) electrons. The normalized spacial score (nSPS) is 18.4. The lowest BCUT2D eigenvalue weighted by Crippen LogP contribution is -2.46. The highest BCUT2D eigenvalue weighted by Gasteiger charge is 2.28. The molecule has 2 aliphatic rings. The Balaban J connectivity index is 1.48. The molecule has 0 spiro atoms. The zero-order valence-corrected chi connectivity index (χ0v) is 19.5. The second-order valence-corrected chi connectivity index (χ2v) is 9.66. The van der Waals surface area contributed by atoms with E-state index in [2.05, 4.69) is 15.2 Å². The van der Waals surface area contributed by atoms with Crippen LogP contribution in [-0.2, 0) is 9.53 Å². The molecule has 1 saturated heterocycles. The largest absolute Gasteiger partial charge is 0.462 e. The summed E-state index contributed by atoms with van der Waals surface area (Å²) < 4.78 is 5.22. The van der Waals surface area contributed by atoms with Gasteiger partial charge < -0.3 is 15.0 Å². The molecule has 2 fully saturated rings. The van der Waals surface area contributed by atoms with Crippen molar-refractivity contribution in [2.24, 2.45) is 5.92 Å². The fraction of sp³-hybridized carbons (Fsp3) is 0.652. The van der Waals surface area contributed by atoms with Crippen LogP contribution in [0.5, 0.6) is 0 Å². The number of carbonyl (C=O) groups excluding carboxylic acids is 2. The van der Waals surface area contributed by atoms with E-state index >= 15 is 0 Å². The van der Waals surface area contributed by atoms with Gasteiger partial charge in [-0.25, -0.2) is 14.8 Å². The zero-order valence-electron chi connectivity index (χ0n) is 18.7. The molecule has 7 nitrogen and oxygen atoms in total. The van der Waals surface area contributed by atoms with Crippen LogP contribution < -0.4 is 10.2 Å². The van der Waals surface area contributed by atoms with Crippen molar-refractivity contribution >= 4 is 39.2 Å². The van der Waals surface area contributed by atoms with Gasteiger partial charge in [0.2, 0.25) is 5.91 Å². The molecule has 2 aromatic rings. The summed E-state index contributed by atoms with van der Waals surface area (Å²) in [5.41, 5.74) is 0.890. The maximum Gasteiger partial charge on any atom is 0.348 e. The van der Waals surface area contributed by atoms with E-state index in [-0.39, 0.29) is 23.8 Å². The van der Waals surface area contributed by atoms with Gasteiger partial charge in [0.15, 0.2) is 0 Å². The molecule has 1 aliphatic heterocycles. The highest BCUT2D eigenvalue weighted by Crippen LogP contribution is 2.36. The van der Waals surface area contributed by atoms with Crippen LogP contribution in [0.3, 0.4) is 0 Å². The molecule has 2 aromatic heterocycles. The number of hydrogen-bond acceptors (Lipinski definition) is 7. The average Bonchev–Trinajstić information content (AvgIpc) is 3.10. The maximum absolute atomic E-state index is 12.6. The number of nitrogens with one attached hydrogen (secondary N) is 1. The van der Waals surface area contributed by atoms with Crippen molar-refractivity contribution in [2.45, 2.75) is 71.8 Å². The number of carbonyl (C=O) groups is 2. The molecule has 0 bridgehead atoms. The second kappa shape index (κ2) is 9.51. The molecule has 1 aliphatic carbocycles. The predicted octanol–water partition coefficient (Wildman–Crippen LogP) is 4.15. The van der Waals surface area contributed by atoms with Gasteiger partial charge in [-0.3, -0.25) is 4.79 Å². The van der Waals surface area contributed by atoms with Gasteiger partial charge in [-0.2, -0.15) is 0 Å². The molecule has 168 valence electrons. The second-order valence-electron chi connectivity index (χ2n) is 8.66. The first-order valence-corrected chi connectivity index (χ1v) is 12.3. The number of esters is 1. The van der Waals surface area contributed by atoms with E-state index in [1.807, 2.05) is 20.8 Å². The summed E-state index contributed by atoms with van der Waals surface area (Å²) in [5.74, 6) is 1.74. The van der Waals surface area contributed by atoms with Crippen molar-refractivity contribution in [1.29, 1.82) is 0 Å². The summed E-state index contributed by atoms with van der Waals surface area (Å²) in [6.07, 6.45) is 7.47. The van der Waals surface area contributed by atoms with Gasteiger partial charge >= 0.3 is 5.97 Å². The maximum atomic E-state index is 12.6. The Morgan fingerprint density at radius 1 is 1.10 bits per heavy atom. The quantitative estimate of drug-likeness (QED) is 0.698. The van der Waals surface area contributed by atoms with E-state index in [4.69, 9.17) is 9.72 Å². The van der Waals surface area contributed by atoms with E-state index in [9.17, 15) is 9.59 Å². The Labute approximate surface area is 187 Å². The molecule has 0 atom stereocenters. The van der Waals surface area contributed by atoms with Crippen molar-refractivity contribution in [1.82, 2.24) is 15.3 Å². The lowest BCUT2D eigenvalue weighted by Gasteiger charge is -2.34. The predicted molar refractivity (Wildman–Crippen MR) is 123 cm³/mol. The van der Waals surface area contributed by atoms with E-state index in [1.165, 1.54) is 30.6 Å². The number of rotatable bonds is 5. The van der Waals surface area contributed by atoms with Crippen molar-refractivity contribution in [2.75, 3.05) is 24.6 Å². The number of fused-ring (bicyclic) bond motifs is 1. The van der Waals surface area contributed by atoms with Crippen LogP contribution in [0, 0.1) is 19.8 Å². The molecule has 31 heavy (non-hydrogen) atoms. The van der Waals surface area contributed by atoms with Crippen molar-refractivity contribution in [3.05, 3.63) is 16.3 Å². The van der Waals surface area contributed by atoms with Crippen molar-refractivity contribution in [3.8, 4) is 0 Å². The van der Waals surface area contributed by atoms with Crippen LogP contribution in [0.4, 0.5) is 5.82 Å². The van der Waals surface area contributed by atoms with Gasteiger partial charge in [0.25, 0.3) is 0 Å². The summed E-state index contributed by atoms with van der Waals surface area (Å²) in [6.45, 7) is 7.65. The Morgan fingerprint density at radius 3 is 2.48 bits per heavy atom. The van der Waals surface area contributed by atoms with E-state index < -0.39 is 0 Å². The van der Waals surface area contributed by atoms with Gasteiger partial charge in [0, 0.05) is 25.0 Å². The third kappa shape index (κ3) is 4.68. The van der Waals surface area contributed by atoms with Gasteiger partial charge in [0.1, 0.15) is 21.3 Å². The third-order valence-corrected chi connectivity index (χ3v) is 7.63. The van der Waals surface area contributed by atoms with Gasteiger partial charge in [-0.15, -0.1) is 11.3 Å². The van der Waals surface area contributed by atoms with Crippen LogP contribution in [-0.4, -0.2) is 47.6 Å². The molecule has 1 amide bonds. The standard InChI is InChI=1S/C23H32N4O3S/c1-4-30-23(29)19-14(2)18-20(24-15(3)25-22(18)31-19)27-12-10-17(11-13-27)26-21(28)16-8-6-5-7-9-16/h16-17H,4-13H2,1-3H3,(H,26,28). The van der Waals surface area contributed by atoms with Crippen LogP contribution in [0.25, 0.3) is 10.2 Å². The number of piperidine rings is 1. The Hall–Kier alpha value is -2.22. The summed E-state index contributed by atoms with van der Waals surface area (Å²) >= 11 is 1.38. The molecule has 1 N–H and O–H groups in total. The zero-order chi connectivity index (χ0) is 22.0. The Kier molecular flexibility index (Phi) is 6.74. The lowest BCUT2D eigenvalue weighted by molar-refractivity contribution is -0.126. The number of nitrogens with zero attached hydrogens (tertiary/aromatic N) is 3. The van der Waals surface area contributed by atoms with E-state index in [0.717, 1.165) is 60.4 Å². The Bertz CT molecular complexity index is 959. The van der Waals surface area contributed by atoms with Gasteiger partial charge in [-0.05, 0) is 52.0 Å². The van der Waals surface area contributed by atoms with Crippen LogP contribution in [0.2, 0.25) is 0 Å². The molecule has 1 saturated carbocycles. The fourth-order valence-corrected chi connectivity index (χ4v) is 5.88. The monoisotopic (exact) mass is 444 g/mol. The summed E-state index contributed by atoms with van der Waals surface area (Å²) in [4.78, 5) is 38.0. The minimum atomic E-state index is -0.296. The lowest BCUT2D eigenvalue weighted by atomic mass is 9.88. The van der Waals surface area contributed by atoms with E-state index in [0.29, 0.717) is 17.3 Å². The van der Waals surface area contributed by atoms with Crippen LogP contribution >= 0.6 is 11.3 Å². The molecule has 8 heteroatoms. The van der Waals surface area contributed by atoms with Gasteiger partial charge in [-0.1, -0.05) is 19.3 Å². The van der Waals surface area contributed by atoms with Crippen LogP contribution in [0.15, 0.2) is 0 Å². The third-order valence-electron chi connectivity index (χ3n) is 6.46. The van der Waals surface area contributed by atoms with Crippen molar-refractivity contribution in [3.63, 3.8) is 0 Å². The highest BCUT2D eigenvalue weighted by atomic mass is 32.1. The number of aromatic nitrogens is 2. The highest BCUT2D eigenvalue weighted by molar-refractivity contribution is 7.20. The number of hydrogen-bond donors (Lipinski definition) is 1. The summed E-state index contributed by atoms with van der Waals surface area (Å²) in [5, 5.41) is 4.24. The molecule has 0 aromatic carbocycles. The summed E-state index contributed by atoms with van der Waals surface area (Å²) in [6, 6.07) is 0.225. The number of anilines is 1. The number of aryl methyl sites for hydroxylation is 2. The number of thiophene rings is 1. The first kappa shape index (κ1) is 22.0. The van der Waals surface area contributed by atoms with Crippen LogP contribution in [0.1, 0.15) is 72.9 Å². The SMILES string of the molecule is CCOC(=O)c1sc2nc(C)nc(N3CCC(NC(=O)C4CCCCC4)CC3)c2c1C. The molecule has 0 unspecified atom stereocenters. The first-order chi connectivity index (χ1) is 15.0. The minimum Gasteiger partial charge on any atom is -0.462 e. The smallest absolute Gasteiger partial charge is 0.348 e.